The molecule has 0 unspecified atom stereocenters. The van der Waals surface area contributed by atoms with Crippen molar-refractivity contribution in [2.75, 3.05) is 33.0 Å². The first-order valence-corrected chi connectivity index (χ1v) is 5.91. The molecule has 1 aliphatic heterocycles. The molecule has 0 radical (unpaired) electrons. The van der Waals surface area contributed by atoms with E-state index in [1.807, 2.05) is 13.8 Å². The molecule has 0 aromatic carbocycles. The minimum Gasteiger partial charge on any atom is -0.381 e. The lowest BCUT2D eigenvalue weighted by Crippen LogP contribution is -2.40. The highest BCUT2D eigenvalue weighted by molar-refractivity contribution is 4.70. The molecule has 0 saturated carbocycles. The van der Waals surface area contributed by atoms with E-state index in [1.165, 1.54) is 0 Å². The zero-order chi connectivity index (χ0) is 10.9. The van der Waals surface area contributed by atoms with Gasteiger partial charge in [-0.05, 0) is 26.7 Å². The normalized spacial score (nSPS) is 18.6. The lowest BCUT2D eigenvalue weighted by Gasteiger charge is -2.25. The zero-order valence-electron chi connectivity index (χ0n) is 9.83. The SMILES string of the molecule is CCOC(CNC1CCOCC1)OCC. The van der Waals surface area contributed by atoms with Crippen molar-refractivity contribution >= 4 is 0 Å². The summed E-state index contributed by atoms with van der Waals surface area (Å²) in [6.07, 6.45) is 2.07. The van der Waals surface area contributed by atoms with Crippen LogP contribution in [0, 0.1) is 0 Å². The quantitative estimate of drug-likeness (QED) is 0.649. The van der Waals surface area contributed by atoms with Gasteiger partial charge in [-0.3, -0.25) is 0 Å². The fourth-order valence-electron chi connectivity index (χ4n) is 1.70. The number of nitrogens with one attached hydrogen (secondary N) is 1. The van der Waals surface area contributed by atoms with Crippen LogP contribution in [0.1, 0.15) is 26.7 Å². The van der Waals surface area contributed by atoms with Crippen LogP contribution in [0.3, 0.4) is 0 Å². The Bertz CT molecular complexity index is 143. The third-order valence-electron chi connectivity index (χ3n) is 2.50. The van der Waals surface area contributed by atoms with Crippen molar-refractivity contribution < 1.29 is 14.2 Å². The van der Waals surface area contributed by atoms with Gasteiger partial charge in [0.05, 0.1) is 0 Å². The largest absolute Gasteiger partial charge is 0.381 e. The Kier molecular flexibility index (Phi) is 6.92. The second kappa shape index (κ2) is 8.05. The highest BCUT2D eigenvalue weighted by Crippen LogP contribution is 2.06. The Balaban J connectivity index is 2.13. The van der Waals surface area contributed by atoms with Crippen molar-refractivity contribution in [1.29, 1.82) is 0 Å². The van der Waals surface area contributed by atoms with Gasteiger partial charge in [-0.1, -0.05) is 0 Å². The van der Waals surface area contributed by atoms with Crippen LogP contribution in [0.15, 0.2) is 0 Å². The summed E-state index contributed by atoms with van der Waals surface area (Å²) in [7, 11) is 0. The summed E-state index contributed by atoms with van der Waals surface area (Å²) in [6.45, 7) is 7.87. The van der Waals surface area contributed by atoms with Gasteiger partial charge in [0.25, 0.3) is 0 Å². The van der Waals surface area contributed by atoms with Crippen LogP contribution < -0.4 is 5.32 Å². The highest BCUT2D eigenvalue weighted by atomic mass is 16.7. The van der Waals surface area contributed by atoms with Crippen LogP contribution in [0.5, 0.6) is 0 Å². The van der Waals surface area contributed by atoms with Crippen LogP contribution in [-0.4, -0.2) is 45.3 Å². The van der Waals surface area contributed by atoms with Crippen LogP contribution in [-0.2, 0) is 14.2 Å². The van der Waals surface area contributed by atoms with E-state index in [4.69, 9.17) is 14.2 Å². The summed E-state index contributed by atoms with van der Waals surface area (Å²) < 4.78 is 16.2. The summed E-state index contributed by atoms with van der Waals surface area (Å²) in [6, 6.07) is 0.558. The molecule has 0 amide bonds. The summed E-state index contributed by atoms with van der Waals surface area (Å²) in [5.41, 5.74) is 0. The lowest BCUT2D eigenvalue weighted by atomic mass is 10.1. The molecule has 0 atom stereocenters. The van der Waals surface area contributed by atoms with Crippen LogP contribution in [0.25, 0.3) is 0 Å². The summed E-state index contributed by atoms with van der Waals surface area (Å²) in [5.74, 6) is 0. The van der Waals surface area contributed by atoms with E-state index in [9.17, 15) is 0 Å². The minimum absolute atomic E-state index is 0.108. The Morgan fingerprint density at radius 1 is 1.20 bits per heavy atom. The number of rotatable bonds is 7. The van der Waals surface area contributed by atoms with Crippen molar-refractivity contribution in [3.8, 4) is 0 Å². The molecule has 4 heteroatoms. The molecule has 1 saturated heterocycles. The van der Waals surface area contributed by atoms with E-state index in [0.29, 0.717) is 19.3 Å². The molecule has 0 aromatic heterocycles. The Hall–Kier alpha value is -0.160. The summed E-state index contributed by atoms with van der Waals surface area (Å²) in [5, 5.41) is 3.46. The van der Waals surface area contributed by atoms with E-state index < -0.39 is 0 Å². The fraction of sp³-hybridized carbons (Fsp3) is 1.00. The topological polar surface area (TPSA) is 39.7 Å². The maximum Gasteiger partial charge on any atom is 0.169 e. The average Bonchev–Trinajstić information content (AvgIpc) is 2.28. The fourth-order valence-corrected chi connectivity index (χ4v) is 1.70. The number of ether oxygens (including phenoxy) is 3. The van der Waals surface area contributed by atoms with Crippen molar-refractivity contribution in [1.82, 2.24) is 5.32 Å². The van der Waals surface area contributed by atoms with Gasteiger partial charge in [-0.15, -0.1) is 0 Å². The Morgan fingerprint density at radius 2 is 1.80 bits per heavy atom. The van der Waals surface area contributed by atoms with Gasteiger partial charge in [-0.2, -0.15) is 0 Å². The lowest BCUT2D eigenvalue weighted by molar-refractivity contribution is -0.134. The Morgan fingerprint density at radius 3 is 2.33 bits per heavy atom. The molecule has 1 rings (SSSR count). The minimum atomic E-state index is -0.108. The smallest absolute Gasteiger partial charge is 0.169 e. The standard InChI is InChI=1S/C11H23NO3/c1-3-14-11(15-4-2)9-12-10-5-7-13-8-6-10/h10-12H,3-9H2,1-2H3. The molecule has 4 nitrogen and oxygen atoms in total. The molecule has 0 aromatic rings. The van der Waals surface area contributed by atoms with Gasteiger partial charge >= 0.3 is 0 Å². The third-order valence-corrected chi connectivity index (χ3v) is 2.50. The highest BCUT2D eigenvalue weighted by Gasteiger charge is 2.15. The van der Waals surface area contributed by atoms with Crippen molar-refractivity contribution in [2.45, 2.75) is 39.0 Å². The summed E-state index contributed by atoms with van der Waals surface area (Å²) >= 11 is 0. The predicted octanol–water partition coefficient (Wildman–Crippen LogP) is 1.15. The van der Waals surface area contributed by atoms with E-state index in [2.05, 4.69) is 5.32 Å². The number of hydrogen-bond donors (Lipinski definition) is 1. The first-order chi connectivity index (χ1) is 7.36. The van der Waals surface area contributed by atoms with Gasteiger partial charge < -0.3 is 19.5 Å². The average molecular weight is 217 g/mol. The number of hydrogen-bond acceptors (Lipinski definition) is 4. The van der Waals surface area contributed by atoms with E-state index in [-0.39, 0.29) is 6.29 Å². The molecule has 1 fully saturated rings. The van der Waals surface area contributed by atoms with Gasteiger partial charge in [0.2, 0.25) is 0 Å². The van der Waals surface area contributed by atoms with E-state index >= 15 is 0 Å². The second-order valence-corrected chi connectivity index (χ2v) is 3.64. The van der Waals surface area contributed by atoms with Gasteiger partial charge in [0.1, 0.15) is 0 Å². The molecule has 1 N–H and O–H groups in total. The molecule has 15 heavy (non-hydrogen) atoms. The van der Waals surface area contributed by atoms with Crippen LogP contribution in [0.2, 0.25) is 0 Å². The zero-order valence-corrected chi connectivity index (χ0v) is 9.83. The first kappa shape index (κ1) is 12.9. The van der Waals surface area contributed by atoms with Crippen molar-refractivity contribution in [3.05, 3.63) is 0 Å². The second-order valence-electron chi connectivity index (χ2n) is 3.64. The molecule has 1 aliphatic rings. The maximum atomic E-state index is 5.46. The van der Waals surface area contributed by atoms with Gasteiger partial charge in [0, 0.05) is 39.0 Å². The van der Waals surface area contributed by atoms with E-state index in [0.717, 1.165) is 32.6 Å². The predicted molar refractivity (Wildman–Crippen MR) is 58.9 cm³/mol. The third kappa shape index (κ3) is 5.47. The molecule has 0 spiro atoms. The van der Waals surface area contributed by atoms with Crippen molar-refractivity contribution in [3.63, 3.8) is 0 Å². The first-order valence-electron chi connectivity index (χ1n) is 5.91. The summed E-state index contributed by atoms with van der Waals surface area (Å²) in [4.78, 5) is 0. The molecule has 90 valence electrons. The molecule has 0 aliphatic carbocycles. The molecular formula is C11H23NO3. The van der Waals surface area contributed by atoms with Gasteiger partial charge in [-0.25, -0.2) is 0 Å². The monoisotopic (exact) mass is 217 g/mol. The Labute approximate surface area is 92.3 Å². The van der Waals surface area contributed by atoms with Crippen LogP contribution in [0.4, 0.5) is 0 Å². The van der Waals surface area contributed by atoms with E-state index in [1.54, 1.807) is 0 Å². The maximum absolute atomic E-state index is 5.46. The molecule has 0 bridgehead atoms. The van der Waals surface area contributed by atoms with Crippen LogP contribution >= 0.6 is 0 Å². The van der Waals surface area contributed by atoms with Crippen molar-refractivity contribution in [2.24, 2.45) is 0 Å². The molecule has 1 heterocycles. The van der Waals surface area contributed by atoms with Gasteiger partial charge in [0.15, 0.2) is 6.29 Å². The molecular weight excluding hydrogens is 194 g/mol.